The molecular formula is C5H9NaO8. The molecule has 0 spiro atoms. The zero-order valence-corrected chi connectivity index (χ0v) is 9.25. The van der Waals surface area contributed by atoms with Crippen LogP contribution in [0, 0.1) is 0 Å². The van der Waals surface area contributed by atoms with Crippen molar-refractivity contribution in [2.75, 3.05) is 0 Å². The van der Waals surface area contributed by atoms with Crippen molar-refractivity contribution >= 4 is 18.1 Å². The van der Waals surface area contributed by atoms with Gasteiger partial charge in [-0.1, -0.05) is 0 Å². The number of rotatable bonds is 3. The summed E-state index contributed by atoms with van der Waals surface area (Å²) in [5.41, 5.74) is 0. The maximum Gasteiger partial charge on any atom is 1.00 e. The van der Waals surface area contributed by atoms with Crippen molar-refractivity contribution in [3.8, 4) is 0 Å². The van der Waals surface area contributed by atoms with E-state index in [1.807, 2.05) is 0 Å². The van der Waals surface area contributed by atoms with Gasteiger partial charge in [0.2, 0.25) is 0 Å². The Bertz CT molecular complexity index is 203. The van der Waals surface area contributed by atoms with E-state index in [2.05, 4.69) is 0 Å². The topological polar surface area (TPSA) is 152 Å². The number of aliphatic hydroxyl groups is 1. The van der Waals surface area contributed by atoms with E-state index in [4.69, 9.17) is 30.3 Å². The Hall–Kier alpha value is -0.830. The van der Waals surface area contributed by atoms with Crippen LogP contribution in [0.1, 0.15) is 7.85 Å². The first kappa shape index (κ1) is 18.9. The molecule has 0 radical (unpaired) electrons. The van der Waals surface area contributed by atoms with Gasteiger partial charge in [-0.15, -0.1) is 0 Å². The first-order valence-corrected chi connectivity index (χ1v) is 2.82. The second kappa shape index (κ2) is 10.3. The zero-order valence-electron chi connectivity index (χ0n) is 8.25. The van der Waals surface area contributed by atoms with Crippen LogP contribution in [0.3, 0.4) is 0 Å². The molecule has 1 atom stereocenters. The third-order valence-electron chi connectivity index (χ3n) is 0.653. The molecule has 14 heavy (non-hydrogen) atoms. The van der Waals surface area contributed by atoms with E-state index in [9.17, 15) is 9.59 Å². The smallest absolute Gasteiger partial charge is 1.00 e. The van der Waals surface area contributed by atoms with E-state index in [0.29, 0.717) is 0 Å². The Morgan fingerprint density at radius 1 is 1.07 bits per heavy atom. The number of aliphatic carboxylic acids is 2. The molecule has 0 heterocycles. The minimum Gasteiger partial charge on any atom is -1.00 e. The van der Waals surface area contributed by atoms with Crippen LogP contribution in [0.5, 0.6) is 0 Å². The molecule has 9 heteroatoms. The molecular weight excluding hydrogens is 211 g/mol. The normalized spacial score (nSPS) is 9.79. The van der Waals surface area contributed by atoms with Crippen molar-refractivity contribution in [1.29, 1.82) is 0 Å². The van der Waals surface area contributed by atoms with E-state index in [-0.39, 0.29) is 31.0 Å². The molecule has 0 aromatic carbocycles. The van der Waals surface area contributed by atoms with Crippen molar-refractivity contribution < 1.29 is 70.9 Å². The summed E-state index contributed by atoms with van der Waals surface area (Å²) in [5.74, 6) is -2.85. The molecule has 0 rings (SSSR count). The Morgan fingerprint density at radius 3 is 1.43 bits per heavy atom. The fraction of sp³-hybridized carbons (Fsp3) is 0.400. The van der Waals surface area contributed by atoms with Crippen molar-refractivity contribution in [2.45, 2.75) is 12.5 Å². The molecule has 1 unspecified atom stereocenters. The van der Waals surface area contributed by atoms with Crippen LogP contribution in [0.15, 0.2) is 0 Å². The van der Waals surface area contributed by atoms with Crippen LogP contribution in [0.4, 0.5) is 4.79 Å². The van der Waals surface area contributed by atoms with Crippen LogP contribution < -0.4 is 29.6 Å². The van der Waals surface area contributed by atoms with Gasteiger partial charge in [0.25, 0.3) is 0 Å². The Morgan fingerprint density at radius 2 is 1.36 bits per heavy atom. The van der Waals surface area contributed by atoms with Gasteiger partial charge in [-0.05, 0) is 0 Å². The predicted octanol–water partition coefficient (Wildman–Crippen LogP) is -3.75. The summed E-state index contributed by atoms with van der Waals surface area (Å²) in [6.45, 7) is 0. The minimum atomic E-state index is -1.83. The van der Waals surface area contributed by atoms with Crippen LogP contribution >= 0.6 is 0 Å². The van der Waals surface area contributed by atoms with E-state index >= 15 is 0 Å². The second-order valence-corrected chi connectivity index (χ2v) is 1.73. The van der Waals surface area contributed by atoms with Gasteiger partial charge >= 0.3 is 47.7 Å². The van der Waals surface area contributed by atoms with Crippen LogP contribution in [0.25, 0.3) is 0 Å². The van der Waals surface area contributed by atoms with Gasteiger partial charge in [-0.2, -0.15) is 0 Å². The minimum absolute atomic E-state index is 0. The molecule has 0 fully saturated rings. The molecule has 78 valence electrons. The molecule has 0 saturated heterocycles. The Kier molecular flexibility index (Phi) is 13.8. The monoisotopic (exact) mass is 220 g/mol. The van der Waals surface area contributed by atoms with Gasteiger partial charge < -0.3 is 27.0 Å². The predicted molar refractivity (Wildman–Crippen MR) is 37.7 cm³/mol. The molecule has 0 aromatic rings. The van der Waals surface area contributed by atoms with E-state index in [1.54, 1.807) is 0 Å². The largest absolute Gasteiger partial charge is 1.00 e. The van der Waals surface area contributed by atoms with Gasteiger partial charge in [0.05, 0.1) is 6.42 Å². The van der Waals surface area contributed by atoms with Crippen LogP contribution in [-0.2, 0) is 9.59 Å². The van der Waals surface area contributed by atoms with Crippen LogP contribution in [0.2, 0.25) is 0 Å². The van der Waals surface area contributed by atoms with Gasteiger partial charge in [0.1, 0.15) is 0 Å². The van der Waals surface area contributed by atoms with E-state index in [1.165, 1.54) is 0 Å². The number of carboxylic acid groups (broad SMARTS) is 4. The molecule has 0 bridgehead atoms. The fourth-order valence-electron chi connectivity index (χ4n) is 0.253. The zero-order chi connectivity index (χ0) is 11.0. The van der Waals surface area contributed by atoms with Crippen LogP contribution in [-0.4, -0.2) is 49.7 Å². The summed E-state index contributed by atoms with van der Waals surface area (Å²) in [6.07, 6.45) is -4.38. The quantitative estimate of drug-likeness (QED) is 0.304. The average Bonchev–Trinajstić information content (AvgIpc) is 1.83. The summed E-state index contributed by atoms with van der Waals surface area (Å²) >= 11 is 0. The number of carboxylic acids is 2. The van der Waals surface area contributed by atoms with Gasteiger partial charge in [0.15, 0.2) is 6.10 Å². The maximum absolute atomic E-state index is 9.72. The summed E-state index contributed by atoms with van der Waals surface area (Å²) in [4.78, 5) is 28.0. The van der Waals surface area contributed by atoms with Crippen molar-refractivity contribution in [1.82, 2.24) is 0 Å². The number of hydrogen-bond acceptors (Lipinski definition) is 4. The molecule has 0 saturated carbocycles. The third kappa shape index (κ3) is 22.5. The first-order valence-electron chi connectivity index (χ1n) is 2.82. The number of carbonyl (C=O) groups is 3. The maximum atomic E-state index is 9.72. The summed E-state index contributed by atoms with van der Waals surface area (Å²) in [6, 6.07) is 0. The molecule has 0 aliphatic carbocycles. The number of aliphatic hydroxyl groups excluding tert-OH is 1. The summed E-state index contributed by atoms with van der Waals surface area (Å²) < 4.78 is 0. The first-order chi connectivity index (χ1) is 5.77. The van der Waals surface area contributed by atoms with E-state index in [0.717, 1.165) is 0 Å². The molecule has 0 aliphatic rings. The molecule has 0 amide bonds. The Labute approximate surface area is 102 Å². The SMILES string of the molecule is O=C(O)CC(O)C(=O)O.O=C(O)O.[H-].[Na+]. The fourth-order valence-corrected chi connectivity index (χ4v) is 0.253. The molecule has 0 aliphatic heterocycles. The number of hydrogen-bond donors (Lipinski definition) is 5. The van der Waals surface area contributed by atoms with Crippen molar-refractivity contribution in [3.63, 3.8) is 0 Å². The molecule has 5 N–H and O–H groups in total. The van der Waals surface area contributed by atoms with Crippen molar-refractivity contribution in [3.05, 3.63) is 0 Å². The van der Waals surface area contributed by atoms with Gasteiger partial charge in [-0.25, -0.2) is 9.59 Å². The summed E-state index contributed by atoms with van der Waals surface area (Å²) in [5, 5.41) is 38.1. The molecule has 8 nitrogen and oxygen atoms in total. The second-order valence-electron chi connectivity index (χ2n) is 1.73. The van der Waals surface area contributed by atoms with Gasteiger partial charge in [0, 0.05) is 0 Å². The van der Waals surface area contributed by atoms with E-state index < -0.39 is 30.6 Å². The van der Waals surface area contributed by atoms with Gasteiger partial charge in [-0.3, -0.25) is 4.79 Å². The average molecular weight is 220 g/mol. The Balaban J connectivity index is -0.0000000883. The standard InChI is InChI=1S/C4H6O5.CH2O3.Na.H/c5-2(4(8)9)1-3(6)7;2-1(3)4;;/h2,5H,1H2,(H,6,7)(H,8,9);(H2,2,3,4);;/q;;+1;-1. The molecule has 0 aromatic heterocycles. The third-order valence-corrected chi connectivity index (χ3v) is 0.653. The summed E-state index contributed by atoms with van der Waals surface area (Å²) in [7, 11) is 0. The van der Waals surface area contributed by atoms with Crippen molar-refractivity contribution in [2.24, 2.45) is 0 Å².